The Morgan fingerprint density at radius 2 is 1.66 bits per heavy atom. The maximum absolute atomic E-state index is 12.6. The molecule has 0 fully saturated rings. The molecular weight excluding hydrogens is 362 g/mol. The van der Waals surface area contributed by atoms with Crippen molar-refractivity contribution >= 4 is 34.0 Å². The van der Waals surface area contributed by atoms with Crippen molar-refractivity contribution in [1.82, 2.24) is 5.01 Å². The van der Waals surface area contributed by atoms with Crippen LogP contribution in [0.1, 0.15) is 24.8 Å². The maximum atomic E-state index is 12.6. The number of fused-ring (bicyclic) bond motifs is 1. The lowest BCUT2D eigenvalue weighted by atomic mass is 10.1. The van der Waals surface area contributed by atoms with E-state index in [0.717, 1.165) is 34.2 Å². The summed E-state index contributed by atoms with van der Waals surface area (Å²) in [6, 6.07) is 23.8. The first-order valence-corrected chi connectivity index (χ1v) is 9.80. The Balaban J connectivity index is 1.36. The minimum absolute atomic E-state index is 0.0832. The summed E-state index contributed by atoms with van der Waals surface area (Å²) in [6.07, 6.45) is 1.05. The molecule has 5 nitrogen and oxygen atoms in total. The van der Waals surface area contributed by atoms with Gasteiger partial charge in [0.05, 0.1) is 12.3 Å². The van der Waals surface area contributed by atoms with E-state index < -0.39 is 0 Å². The molecule has 0 saturated heterocycles. The standard InChI is InChI=1S/C24H23N3O2/c1-26(21-12-11-18-7-5-6-10-20(18)17-21)23(28)13-14-24(29)27-16-15-22(25-27)19-8-3-2-4-9-19/h2-12,17H,13-16H2,1H3. The van der Waals surface area contributed by atoms with Gasteiger partial charge in [-0.1, -0.05) is 60.7 Å². The second kappa shape index (κ2) is 8.27. The van der Waals surface area contributed by atoms with Crippen LogP contribution in [-0.4, -0.2) is 36.1 Å². The van der Waals surface area contributed by atoms with Crippen LogP contribution in [0.3, 0.4) is 0 Å². The number of carbonyl (C=O) groups is 2. The second-order valence-corrected chi connectivity index (χ2v) is 7.16. The molecular formula is C24H23N3O2. The van der Waals surface area contributed by atoms with E-state index in [-0.39, 0.29) is 24.7 Å². The van der Waals surface area contributed by atoms with E-state index in [4.69, 9.17) is 0 Å². The first-order chi connectivity index (χ1) is 14.1. The summed E-state index contributed by atoms with van der Waals surface area (Å²) in [6.45, 7) is 0.567. The van der Waals surface area contributed by atoms with Gasteiger partial charge in [0.15, 0.2) is 0 Å². The van der Waals surface area contributed by atoms with Crippen molar-refractivity contribution in [3.63, 3.8) is 0 Å². The molecule has 146 valence electrons. The van der Waals surface area contributed by atoms with Gasteiger partial charge >= 0.3 is 0 Å². The zero-order chi connectivity index (χ0) is 20.2. The molecule has 1 aliphatic heterocycles. The van der Waals surface area contributed by atoms with E-state index in [0.29, 0.717) is 6.54 Å². The van der Waals surface area contributed by atoms with Crippen LogP contribution in [0.15, 0.2) is 77.9 Å². The summed E-state index contributed by atoms with van der Waals surface area (Å²) in [4.78, 5) is 26.7. The van der Waals surface area contributed by atoms with Crippen molar-refractivity contribution in [2.75, 3.05) is 18.5 Å². The third-order valence-electron chi connectivity index (χ3n) is 5.24. The van der Waals surface area contributed by atoms with Gasteiger partial charge in [0, 0.05) is 32.0 Å². The largest absolute Gasteiger partial charge is 0.315 e. The van der Waals surface area contributed by atoms with Gasteiger partial charge in [0.1, 0.15) is 0 Å². The Labute approximate surface area is 170 Å². The van der Waals surface area contributed by atoms with Crippen LogP contribution >= 0.6 is 0 Å². The van der Waals surface area contributed by atoms with E-state index in [9.17, 15) is 9.59 Å². The molecule has 2 amide bonds. The number of amides is 2. The zero-order valence-corrected chi connectivity index (χ0v) is 16.4. The number of anilines is 1. The Morgan fingerprint density at radius 1 is 0.931 bits per heavy atom. The van der Waals surface area contributed by atoms with E-state index >= 15 is 0 Å². The summed E-state index contributed by atoms with van der Waals surface area (Å²) in [7, 11) is 1.75. The van der Waals surface area contributed by atoms with Gasteiger partial charge in [0.2, 0.25) is 11.8 Å². The lowest BCUT2D eigenvalue weighted by Crippen LogP contribution is -2.29. The van der Waals surface area contributed by atoms with E-state index in [1.165, 1.54) is 5.01 Å². The molecule has 4 rings (SSSR count). The van der Waals surface area contributed by atoms with Crippen LogP contribution in [0.2, 0.25) is 0 Å². The Bertz CT molecular complexity index is 1080. The average molecular weight is 385 g/mol. The topological polar surface area (TPSA) is 53.0 Å². The molecule has 0 saturated carbocycles. The smallest absolute Gasteiger partial charge is 0.243 e. The van der Waals surface area contributed by atoms with Gasteiger partial charge in [-0.05, 0) is 28.5 Å². The molecule has 0 radical (unpaired) electrons. The minimum Gasteiger partial charge on any atom is -0.315 e. The number of benzene rings is 3. The number of hydrogen-bond acceptors (Lipinski definition) is 3. The lowest BCUT2D eigenvalue weighted by Gasteiger charge is -2.18. The molecule has 1 aliphatic rings. The Morgan fingerprint density at radius 3 is 2.45 bits per heavy atom. The fourth-order valence-corrected chi connectivity index (χ4v) is 3.51. The molecule has 1 heterocycles. The monoisotopic (exact) mass is 385 g/mol. The fraction of sp³-hybridized carbons (Fsp3) is 0.208. The van der Waals surface area contributed by atoms with Crippen LogP contribution in [0.4, 0.5) is 5.69 Å². The minimum atomic E-state index is -0.115. The van der Waals surface area contributed by atoms with Gasteiger partial charge in [-0.15, -0.1) is 0 Å². The maximum Gasteiger partial charge on any atom is 0.243 e. The summed E-state index contributed by atoms with van der Waals surface area (Å²) in [5.41, 5.74) is 2.78. The number of rotatable bonds is 5. The lowest BCUT2D eigenvalue weighted by molar-refractivity contribution is -0.132. The number of nitrogens with zero attached hydrogens (tertiary/aromatic N) is 3. The molecule has 0 spiro atoms. The van der Waals surface area contributed by atoms with Crippen molar-refractivity contribution in [3.05, 3.63) is 78.4 Å². The summed E-state index contributed by atoms with van der Waals surface area (Å²) >= 11 is 0. The molecule has 5 heteroatoms. The molecule has 0 atom stereocenters. The highest BCUT2D eigenvalue weighted by molar-refractivity contribution is 6.03. The highest BCUT2D eigenvalue weighted by Crippen LogP contribution is 2.22. The Kier molecular flexibility index (Phi) is 5.38. The number of hydrogen-bond donors (Lipinski definition) is 0. The van der Waals surface area contributed by atoms with E-state index in [1.807, 2.05) is 72.8 Å². The molecule has 29 heavy (non-hydrogen) atoms. The Hall–Kier alpha value is -3.47. The molecule has 0 bridgehead atoms. The van der Waals surface area contributed by atoms with Gasteiger partial charge < -0.3 is 4.90 Å². The molecule has 3 aromatic carbocycles. The van der Waals surface area contributed by atoms with Gasteiger partial charge in [0.25, 0.3) is 0 Å². The fourth-order valence-electron chi connectivity index (χ4n) is 3.51. The van der Waals surface area contributed by atoms with Gasteiger partial charge in [-0.2, -0.15) is 5.10 Å². The van der Waals surface area contributed by atoms with Crippen LogP contribution in [0.5, 0.6) is 0 Å². The summed E-state index contributed by atoms with van der Waals surface area (Å²) in [5.74, 6) is -0.198. The second-order valence-electron chi connectivity index (χ2n) is 7.16. The van der Waals surface area contributed by atoms with E-state index in [1.54, 1.807) is 11.9 Å². The van der Waals surface area contributed by atoms with Crippen molar-refractivity contribution < 1.29 is 9.59 Å². The first-order valence-electron chi connectivity index (χ1n) is 9.80. The van der Waals surface area contributed by atoms with Crippen molar-refractivity contribution in [3.8, 4) is 0 Å². The van der Waals surface area contributed by atoms with Crippen molar-refractivity contribution in [1.29, 1.82) is 0 Å². The van der Waals surface area contributed by atoms with E-state index in [2.05, 4.69) is 5.10 Å². The quantitative estimate of drug-likeness (QED) is 0.660. The molecule has 0 aromatic heterocycles. The predicted octanol–water partition coefficient (Wildman–Crippen LogP) is 4.22. The van der Waals surface area contributed by atoms with Gasteiger partial charge in [-0.25, -0.2) is 5.01 Å². The predicted molar refractivity (Wildman–Crippen MR) is 116 cm³/mol. The van der Waals surface area contributed by atoms with Crippen molar-refractivity contribution in [2.24, 2.45) is 5.10 Å². The normalized spacial score (nSPS) is 13.4. The van der Waals surface area contributed by atoms with Crippen LogP contribution in [0, 0.1) is 0 Å². The number of hydrazone groups is 1. The summed E-state index contributed by atoms with van der Waals surface area (Å²) in [5, 5.41) is 8.16. The molecule has 0 unspecified atom stereocenters. The zero-order valence-electron chi connectivity index (χ0n) is 16.4. The molecule has 0 aliphatic carbocycles. The highest BCUT2D eigenvalue weighted by atomic mass is 16.2. The average Bonchev–Trinajstić information content (AvgIpc) is 3.27. The van der Waals surface area contributed by atoms with Gasteiger partial charge in [-0.3, -0.25) is 9.59 Å². The van der Waals surface area contributed by atoms with Crippen LogP contribution in [-0.2, 0) is 9.59 Å². The summed E-state index contributed by atoms with van der Waals surface area (Å²) < 4.78 is 0. The third kappa shape index (κ3) is 4.19. The molecule has 0 N–H and O–H groups in total. The third-order valence-corrected chi connectivity index (χ3v) is 5.24. The molecule has 3 aromatic rings. The van der Waals surface area contributed by atoms with Crippen LogP contribution < -0.4 is 4.90 Å². The van der Waals surface area contributed by atoms with Crippen molar-refractivity contribution in [2.45, 2.75) is 19.3 Å². The van der Waals surface area contributed by atoms with Crippen LogP contribution in [0.25, 0.3) is 10.8 Å². The first kappa shape index (κ1) is 18.9. The number of carbonyl (C=O) groups excluding carboxylic acids is 2. The highest BCUT2D eigenvalue weighted by Gasteiger charge is 2.22. The SMILES string of the molecule is CN(C(=O)CCC(=O)N1CCC(c2ccccc2)=N1)c1ccc2ccccc2c1.